The largest absolute Gasteiger partial charge is 0.463 e. The number of carbonyl (C=O) groups excluding carboxylic acids is 1. The van der Waals surface area contributed by atoms with Crippen LogP contribution in [0.5, 0.6) is 0 Å². The number of rotatable bonds is 7. The maximum absolute atomic E-state index is 13.8. The van der Waals surface area contributed by atoms with Crippen LogP contribution in [0.1, 0.15) is 18.1 Å². The summed E-state index contributed by atoms with van der Waals surface area (Å²) < 4.78 is 98.1. The molecule has 12 heteroatoms. The average Bonchev–Trinajstić information content (AvgIpc) is 2.69. The monoisotopic (exact) mass is 469 g/mol. The van der Waals surface area contributed by atoms with Crippen LogP contribution < -0.4 is 4.72 Å². The zero-order chi connectivity index (χ0) is 22.6. The Hall–Kier alpha value is -2.66. The van der Waals surface area contributed by atoms with Crippen molar-refractivity contribution in [2.75, 3.05) is 11.3 Å². The SMILES string of the molecule is CCOC(=O)/C=C/c1cccc(Cl)c1CS(=O)(=O)Nc1c(F)c(F)c(F)c(F)c1F. The number of nitrogens with one attached hydrogen (secondary N) is 1. The van der Waals surface area contributed by atoms with Crippen LogP contribution in [0.2, 0.25) is 5.02 Å². The van der Waals surface area contributed by atoms with Crippen molar-refractivity contribution in [3.63, 3.8) is 0 Å². The Morgan fingerprint density at radius 1 is 1.07 bits per heavy atom. The molecule has 2 rings (SSSR count). The smallest absolute Gasteiger partial charge is 0.330 e. The zero-order valence-electron chi connectivity index (χ0n) is 15.1. The van der Waals surface area contributed by atoms with Gasteiger partial charge in [0.25, 0.3) is 0 Å². The maximum Gasteiger partial charge on any atom is 0.330 e. The van der Waals surface area contributed by atoms with Gasteiger partial charge in [0.15, 0.2) is 23.3 Å². The lowest BCUT2D eigenvalue weighted by molar-refractivity contribution is -0.137. The molecule has 0 fully saturated rings. The molecule has 2 aromatic carbocycles. The van der Waals surface area contributed by atoms with E-state index < -0.39 is 56.5 Å². The summed E-state index contributed by atoms with van der Waals surface area (Å²) in [5.74, 6) is -13.4. The van der Waals surface area contributed by atoms with E-state index in [9.17, 15) is 35.2 Å². The van der Waals surface area contributed by atoms with Crippen LogP contribution in [0.15, 0.2) is 24.3 Å². The molecule has 162 valence electrons. The van der Waals surface area contributed by atoms with Crippen molar-refractivity contribution in [2.45, 2.75) is 12.7 Å². The maximum atomic E-state index is 13.8. The van der Waals surface area contributed by atoms with E-state index in [1.54, 1.807) is 6.92 Å². The van der Waals surface area contributed by atoms with Gasteiger partial charge in [-0.3, -0.25) is 4.72 Å². The van der Waals surface area contributed by atoms with Gasteiger partial charge in [0.05, 0.1) is 12.4 Å². The summed E-state index contributed by atoms with van der Waals surface area (Å²) in [4.78, 5) is 11.4. The highest BCUT2D eigenvalue weighted by atomic mass is 35.5. The van der Waals surface area contributed by atoms with Gasteiger partial charge in [-0.1, -0.05) is 23.7 Å². The van der Waals surface area contributed by atoms with E-state index in [-0.39, 0.29) is 22.8 Å². The van der Waals surface area contributed by atoms with Gasteiger partial charge in [-0.15, -0.1) is 0 Å². The summed E-state index contributed by atoms with van der Waals surface area (Å²) in [7, 11) is -4.69. The van der Waals surface area contributed by atoms with Crippen molar-refractivity contribution in [2.24, 2.45) is 0 Å². The molecule has 0 bridgehead atoms. The molecule has 0 spiro atoms. The molecule has 0 saturated carbocycles. The summed E-state index contributed by atoms with van der Waals surface area (Å²) in [6, 6.07) is 4.15. The van der Waals surface area contributed by atoms with Gasteiger partial charge in [0.1, 0.15) is 5.69 Å². The van der Waals surface area contributed by atoms with E-state index in [4.69, 9.17) is 16.3 Å². The first-order valence-electron chi connectivity index (χ1n) is 8.12. The van der Waals surface area contributed by atoms with Gasteiger partial charge in [-0.25, -0.2) is 35.2 Å². The van der Waals surface area contributed by atoms with Gasteiger partial charge < -0.3 is 4.74 Å². The predicted octanol–water partition coefficient (Wildman–Crippen LogP) is 4.55. The van der Waals surface area contributed by atoms with Crippen LogP contribution in [-0.2, 0) is 25.3 Å². The molecule has 5 nitrogen and oxygen atoms in total. The number of esters is 1. The fourth-order valence-corrected chi connectivity index (χ4v) is 3.90. The van der Waals surface area contributed by atoms with E-state index >= 15 is 0 Å². The number of anilines is 1. The van der Waals surface area contributed by atoms with Gasteiger partial charge in [-0.05, 0) is 30.2 Å². The minimum Gasteiger partial charge on any atom is -0.463 e. The van der Waals surface area contributed by atoms with Crippen molar-refractivity contribution in [1.29, 1.82) is 0 Å². The molecule has 0 atom stereocenters. The standard InChI is InChI=1S/C18H13ClF5NO4S/c1-2-29-12(26)7-6-9-4-3-5-11(19)10(9)8-30(27,28)25-18-16(23)14(21)13(20)15(22)17(18)24/h3-7,25H,2,8H2,1H3/b7-6+. The first-order valence-corrected chi connectivity index (χ1v) is 10.2. The molecule has 0 heterocycles. The first kappa shape index (κ1) is 23.6. The van der Waals surface area contributed by atoms with Crippen molar-refractivity contribution >= 4 is 39.4 Å². The number of halogens is 6. The zero-order valence-corrected chi connectivity index (χ0v) is 16.7. The lowest BCUT2D eigenvalue weighted by Crippen LogP contribution is -2.19. The van der Waals surface area contributed by atoms with Crippen LogP contribution in [0.4, 0.5) is 27.6 Å². The highest BCUT2D eigenvalue weighted by Crippen LogP contribution is 2.30. The van der Waals surface area contributed by atoms with Gasteiger partial charge >= 0.3 is 5.97 Å². The summed E-state index contributed by atoms with van der Waals surface area (Å²) in [6.07, 6.45) is 2.20. The normalized spacial score (nSPS) is 11.7. The van der Waals surface area contributed by atoms with Crippen LogP contribution in [0, 0.1) is 29.1 Å². The van der Waals surface area contributed by atoms with Crippen molar-refractivity contribution in [1.82, 2.24) is 0 Å². The second kappa shape index (κ2) is 9.43. The fraction of sp³-hybridized carbons (Fsp3) is 0.167. The van der Waals surface area contributed by atoms with Gasteiger partial charge in [-0.2, -0.15) is 0 Å². The molecule has 0 unspecified atom stereocenters. The van der Waals surface area contributed by atoms with E-state index in [1.165, 1.54) is 29.0 Å². The molecule has 0 aliphatic rings. The van der Waals surface area contributed by atoms with Crippen molar-refractivity contribution < 1.29 is 39.9 Å². The Balaban J connectivity index is 2.41. The van der Waals surface area contributed by atoms with Crippen LogP contribution in [0.25, 0.3) is 6.08 Å². The second-order valence-electron chi connectivity index (χ2n) is 5.70. The van der Waals surface area contributed by atoms with E-state index in [0.717, 1.165) is 6.08 Å². The predicted molar refractivity (Wildman–Crippen MR) is 99.6 cm³/mol. The molecule has 1 N–H and O–H groups in total. The Morgan fingerprint density at radius 2 is 1.63 bits per heavy atom. The molecule has 0 aliphatic carbocycles. The number of carbonyl (C=O) groups is 1. The molecule has 0 amide bonds. The summed E-state index contributed by atoms with van der Waals surface area (Å²) in [5, 5.41) is -0.0798. The van der Waals surface area contributed by atoms with Crippen LogP contribution >= 0.6 is 11.6 Å². The van der Waals surface area contributed by atoms with Crippen LogP contribution in [0.3, 0.4) is 0 Å². The number of sulfonamides is 1. The van der Waals surface area contributed by atoms with Crippen LogP contribution in [-0.4, -0.2) is 21.0 Å². The molecule has 0 aromatic heterocycles. The third-order valence-electron chi connectivity index (χ3n) is 3.64. The first-order chi connectivity index (χ1) is 14.0. The Bertz CT molecular complexity index is 1090. The molecular formula is C18H13ClF5NO4S. The molecular weight excluding hydrogens is 457 g/mol. The van der Waals surface area contributed by atoms with Crippen molar-refractivity contribution in [3.8, 4) is 0 Å². The summed E-state index contributed by atoms with van der Waals surface area (Å²) >= 11 is 5.99. The number of ether oxygens (including phenoxy) is 1. The van der Waals surface area contributed by atoms with E-state index in [1.807, 2.05) is 0 Å². The minimum atomic E-state index is -4.69. The average molecular weight is 470 g/mol. The van der Waals surface area contributed by atoms with Gasteiger partial charge in [0.2, 0.25) is 15.8 Å². The Labute approximate surface area is 173 Å². The number of hydrogen-bond donors (Lipinski definition) is 1. The van der Waals surface area contributed by atoms with Gasteiger partial charge in [0, 0.05) is 11.1 Å². The lowest BCUT2D eigenvalue weighted by atomic mass is 10.1. The second-order valence-corrected chi connectivity index (χ2v) is 7.83. The summed E-state index contributed by atoms with van der Waals surface area (Å²) in [5.41, 5.74) is -1.66. The topological polar surface area (TPSA) is 72.5 Å². The van der Waals surface area contributed by atoms with E-state index in [0.29, 0.717) is 0 Å². The highest BCUT2D eigenvalue weighted by molar-refractivity contribution is 7.91. The Morgan fingerprint density at radius 3 is 2.20 bits per heavy atom. The molecule has 0 saturated heterocycles. The number of hydrogen-bond acceptors (Lipinski definition) is 4. The lowest BCUT2D eigenvalue weighted by Gasteiger charge is -2.13. The molecule has 0 aliphatic heterocycles. The highest BCUT2D eigenvalue weighted by Gasteiger charge is 2.29. The number of benzene rings is 2. The molecule has 0 radical (unpaired) electrons. The third kappa shape index (κ3) is 5.28. The van der Waals surface area contributed by atoms with E-state index in [2.05, 4.69) is 0 Å². The molecule has 30 heavy (non-hydrogen) atoms. The minimum absolute atomic E-state index is 0.0798. The molecule has 2 aromatic rings. The Kier molecular flexibility index (Phi) is 7.43. The third-order valence-corrected chi connectivity index (χ3v) is 5.18. The summed E-state index contributed by atoms with van der Waals surface area (Å²) in [6.45, 7) is 1.68. The van der Waals surface area contributed by atoms with Crippen molar-refractivity contribution in [3.05, 3.63) is 69.5 Å². The quantitative estimate of drug-likeness (QED) is 0.212. The fourth-order valence-electron chi connectivity index (χ4n) is 2.31.